The molecule has 0 saturated carbocycles. The zero-order valence-electron chi connectivity index (χ0n) is 78.7. The van der Waals surface area contributed by atoms with Crippen molar-refractivity contribution in [2.75, 3.05) is 48.3 Å². The molecule has 2 unspecified atom stereocenters. The summed E-state index contributed by atoms with van der Waals surface area (Å²) in [6.45, 7) is 35.5. The molecule has 0 spiro atoms. The summed E-state index contributed by atoms with van der Waals surface area (Å²) >= 11 is 0. The Morgan fingerprint density at radius 1 is 0.434 bits per heavy atom. The van der Waals surface area contributed by atoms with Crippen LogP contribution in [0.2, 0.25) is 0 Å². The van der Waals surface area contributed by atoms with E-state index >= 15 is 0 Å². The zero-order valence-corrected chi connectivity index (χ0v) is 80.7. The fourth-order valence-corrected chi connectivity index (χ4v) is 12.5. The first-order chi connectivity index (χ1) is 60.2. The number of anilines is 1. The first kappa shape index (κ1) is 107. The van der Waals surface area contributed by atoms with Gasteiger partial charge in [0, 0.05) is 98.8 Å². The van der Waals surface area contributed by atoms with Gasteiger partial charge in [-0.05, 0) is 194 Å². The zero-order chi connectivity index (χ0) is 93.7. The summed E-state index contributed by atoms with van der Waals surface area (Å²) in [6.07, 6.45) is 9.84. The van der Waals surface area contributed by atoms with Gasteiger partial charge in [-0.1, -0.05) is 175 Å². The number of nitrogens with two attached hydrogens (primary N) is 3. The van der Waals surface area contributed by atoms with E-state index in [1.54, 1.807) is 89.5 Å². The Kier molecular flexibility index (Phi) is 42.0. The van der Waals surface area contributed by atoms with Crippen molar-refractivity contribution in [3.05, 3.63) is 298 Å². The van der Waals surface area contributed by atoms with Gasteiger partial charge in [-0.2, -0.15) is 0 Å². The number of benzene rings is 8. The predicted octanol–water partition coefficient (Wildman–Crippen LogP) is 14.3. The van der Waals surface area contributed by atoms with Crippen molar-refractivity contribution in [2.45, 2.75) is 160 Å². The number of nitrogens with zero attached hydrogens (tertiary/aromatic N) is 14. The van der Waals surface area contributed by atoms with Crippen LogP contribution in [0.4, 0.5) is 5.69 Å². The number of carbonyl (C=O) groups excluding carboxylic acids is 4. The molecule has 10 N–H and O–H groups in total. The van der Waals surface area contributed by atoms with Crippen molar-refractivity contribution >= 4 is 35.4 Å². The van der Waals surface area contributed by atoms with Gasteiger partial charge in [0.1, 0.15) is 34.9 Å². The molecule has 0 radical (unpaired) electrons. The molecule has 0 fully saturated rings. The molecule has 8 aromatic carbocycles. The molecule has 5 aromatic heterocycles. The minimum Gasteiger partial charge on any atom is -0.870 e. The van der Waals surface area contributed by atoms with E-state index in [2.05, 4.69) is 158 Å². The van der Waals surface area contributed by atoms with Crippen LogP contribution in [0.3, 0.4) is 0 Å². The second-order valence-electron chi connectivity index (χ2n) is 31.8. The topological polar surface area (TPSA) is 422 Å². The third kappa shape index (κ3) is 30.5. The fraction of sp³-hybridized carbons (Fsp3) is 0.316. The Hall–Kier alpha value is -12.8. The third-order valence-electron chi connectivity index (χ3n) is 20.1. The van der Waals surface area contributed by atoms with Gasteiger partial charge < -0.3 is 46.3 Å². The van der Waals surface area contributed by atoms with Gasteiger partial charge in [-0.15, -0.1) is 30.6 Å². The van der Waals surface area contributed by atoms with Gasteiger partial charge in [-0.25, -0.2) is 20.2 Å². The van der Waals surface area contributed by atoms with Gasteiger partial charge in [0.05, 0.1) is 65.9 Å². The van der Waals surface area contributed by atoms with E-state index in [1.165, 1.54) is 30.9 Å². The number of esters is 2. The van der Waals surface area contributed by atoms with Crippen LogP contribution < -0.4 is 57.6 Å². The van der Waals surface area contributed by atoms with Crippen LogP contribution in [0.15, 0.2) is 207 Å². The van der Waals surface area contributed by atoms with Gasteiger partial charge in [-0.3, -0.25) is 53.6 Å². The van der Waals surface area contributed by atoms with Crippen molar-refractivity contribution in [2.24, 2.45) is 17.5 Å². The summed E-state index contributed by atoms with van der Waals surface area (Å²) in [7, 11) is 9.77. The number of aryl methyl sites for hydroxylation is 7. The molecule has 0 saturated heterocycles. The molecule has 0 aliphatic heterocycles. The number of carboxylic acids is 1. The molecular formula is C98H122N19NaO11. The molecule has 2 atom stereocenters. The maximum atomic E-state index is 13.3. The molecule has 5 heterocycles. The van der Waals surface area contributed by atoms with Crippen LogP contribution in [0.5, 0.6) is 0 Å². The van der Waals surface area contributed by atoms with Crippen LogP contribution in [-0.2, 0) is 23.7 Å². The summed E-state index contributed by atoms with van der Waals surface area (Å²) < 4.78 is 25.7. The number of rotatable bonds is 21. The number of aromatic carboxylic acids is 1. The SMILES string of the molecule is CC(C)C(=O)NN.CC(N)c1cnccn1.COC(=O)c1cc(-c2ccc(C)cc2)cc(-n2c(C)nnc2C(C)C)c1.COC(=O)c1cc(N)cc(-c2ccc(C)cc2)c1.COC(C)(OC)N(C)C.Cc1ccc(-c2cc(C(=O)NC(C)c3cnccn3)cc(-n3c(C)nnc3C(C)C)c2)cc1.Cc1ccc(-c2cc(C(=O)O)cc(-n3c(C)nnc3C(C)C)c2)cc1.[Na+].[OH-]. The van der Waals surface area contributed by atoms with Crippen LogP contribution in [0.25, 0.3) is 61.6 Å². The summed E-state index contributed by atoms with van der Waals surface area (Å²) in [5.74, 6) is 7.58. The second-order valence-corrected chi connectivity index (χ2v) is 31.8. The third-order valence-corrected chi connectivity index (χ3v) is 20.1. The van der Waals surface area contributed by atoms with Gasteiger partial charge in [0.15, 0.2) is 0 Å². The minimum absolute atomic E-state index is 0. The van der Waals surface area contributed by atoms with Crippen LogP contribution in [0.1, 0.15) is 216 Å². The molecular weight excluding hydrogens is 1640 g/mol. The molecule has 129 heavy (non-hydrogen) atoms. The molecule has 0 aliphatic carbocycles. The largest absolute Gasteiger partial charge is 1.00 e. The number of carbonyl (C=O) groups is 5. The summed E-state index contributed by atoms with van der Waals surface area (Å²) in [4.78, 5) is 77.0. The standard InChI is InChI=1S/C26H28N6O.C21H23N3O2.C20H21N3O2.C15H15NO2.C6H9N3.C6H15NO2.C4H10N2O.Na.H2O/c1-16(2)25-31-30-19(5)32(25)23-13-21(20-8-6-17(3)7-9-20)12-22(14-23)26(33)29-18(4)24-15-27-10-11-28-24;1-13(2)20-23-22-15(4)24(20)19-11-17(10-18(12-19)21(25)26-5)16-8-6-14(3)7-9-16;1-12(2)19-22-21-14(4)23(19)18-10-16(9-17(11-18)20(24)25)15-7-5-13(3)6-8-15;1-10-3-5-11(6-4-10)12-7-13(15(17)18-2)9-14(16)8-12;1-5(7)6-4-8-2-3-9-6;1-6(8-4,9-5)7(2)3;1-3(2)4(7)6-5;;/h6-16,18H,1-5H3,(H,29,33);6-13H,1-5H3;5-12H,1-4H3,(H,24,25);3-9H,16H2,1-2H3;2-5H,7H2,1H3;1-5H3;3H,5H2,1-2H3,(H,6,7);;1H2/q;;;;;;;+1;/p-1. The number of hydrogen-bond donors (Lipinski definition) is 6. The number of methoxy groups -OCH3 is 4. The smallest absolute Gasteiger partial charge is 0.870 e. The molecule has 30 nitrogen and oxygen atoms in total. The molecule has 31 heteroatoms. The Labute approximate surface area is 778 Å². The Bertz CT molecular complexity index is 5760. The first-order valence-electron chi connectivity index (χ1n) is 41.4. The quantitative estimate of drug-likeness (QED) is 0.00740. The van der Waals surface area contributed by atoms with Crippen LogP contribution in [-0.4, -0.2) is 158 Å². The number of hydrogen-bond acceptors (Lipinski definition) is 24. The molecule has 2 amide bonds. The van der Waals surface area contributed by atoms with Crippen molar-refractivity contribution in [3.8, 4) is 61.6 Å². The number of carboxylic acid groups (broad SMARTS) is 1. The summed E-state index contributed by atoms with van der Waals surface area (Å²) in [5, 5.41) is 38.2. The van der Waals surface area contributed by atoms with Crippen molar-refractivity contribution in [3.63, 3.8) is 0 Å². The monoisotopic (exact) mass is 1760 g/mol. The maximum Gasteiger partial charge on any atom is 1.00 e. The van der Waals surface area contributed by atoms with Gasteiger partial charge >= 0.3 is 47.5 Å². The summed E-state index contributed by atoms with van der Waals surface area (Å²) in [6, 6.07) is 54.5. The Balaban J connectivity index is 0.000000281. The van der Waals surface area contributed by atoms with E-state index in [0.717, 1.165) is 108 Å². The van der Waals surface area contributed by atoms with Crippen LogP contribution in [0, 0.1) is 54.4 Å². The fourth-order valence-electron chi connectivity index (χ4n) is 12.5. The molecule has 0 bridgehead atoms. The number of nitrogens with one attached hydrogen (secondary N) is 2. The van der Waals surface area contributed by atoms with Crippen molar-refractivity contribution in [1.29, 1.82) is 0 Å². The number of hydrazine groups is 1. The van der Waals surface area contributed by atoms with Crippen molar-refractivity contribution < 1.29 is 83.1 Å². The van der Waals surface area contributed by atoms with Gasteiger partial charge in [0.25, 0.3) is 5.91 Å². The Morgan fingerprint density at radius 3 is 1.02 bits per heavy atom. The summed E-state index contributed by atoms with van der Waals surface area (Å²) in [5.41, 5.74) is 32.2. The number of ether oxygens (including phenoxy) is 4. The molecule has 13 aromatic rings. The number of aromatic nitrogens is 13. The molecule has 676 valence electrons. The van der Waals surface area contributed by atoms with E-state index in [1.807, 2.05) is 192 Å². The second kappa shape index (κ2) is 50.7. The van der Waals surface area contributed by atoms with E-state index in [4.69, 9.17) is 36.3 Å². The average molecular weight is 1770 g/mol. The van der Waals surface area contributed by atoms with Crippen LogP contribution >= 0.6 is 0 Å². The minimum atomic E-state index is -0.952. The van der Waals surface area contributed by atoms with E-state index in [-0.39, 0.29) is 100 Å². The first-order valence-corrected chi connectivity index (χ1v) is 41.4. The van der Waals surface area contributed by atoms with E-state index < -0.39 is 11.9 Å². The molecule has 0 aliphatic rings. The number of nitrogen functional groups attached to an aromatic ring is 1. The van der Waals surface area contributed by atoms with E-state index in [9.17, 15) is 29.1 Å². The normalized spacial score (nSPS) is 11.2. The Morgan fingerprint density at radius 2 is 0.752 bits per heavy atom. The average Bonchev–Trinajstić information content (AvgIpc) is 1.69. The van der Waals surface area contributed by atoms with Gasteiger partial charge in [0.2, 0.25) is 11.8 Å². The maximum absolute atomic E-state index is 13.3. The van der Waals surface area contributed by atoms with Crippen molar-refractivity contribution in [1.82, 2.24) is 79.9 Å². The predicted molar refractivity (Wildman–Crippen MR) is 500 cm³/mol. The molecule has 13 rings (SSSR count). The number of amides is 2. The van der Waals surface area contributed by atoms with E-state index in [0.29, 0.717) is 28.1 Å².